The van der Waals surface area contributed by atoms with Crippen LogP contribution in [-0.4, -0.2) is 5.91 Å². The lowest BCUT2D eigenvalue weighted by Gasteiger charge is -2.08. The molecule has 2 aliphatic rings. The number of anilines is 2. The molecule has 1 aliphatic heterocycles. The summed E-state index contributed by atoms with van der Waals surface area (Å²) in [6.07, 6.45) is 2.95. The normalized spacial score (nSPS) is 18.8. The van der Waals surface area contributed by atoms with E-state index in [9.17, 15) is 4.79 Å². The number of fused-ring (bicyclic) bond motifs is 1. The predicted molar refractivity (Wildman–Crippen MR) is 59.6 cm³/mol. The number of nitrogens with one attached hydrogen (secondary N) is 2. The molecule has 3 nitrogen and oxygen atoms in total. The van der Waals surface area contributed by atoms with Crippen molar-refractivity contribution in [2.45, 2.75) is 19.3 Å². The molecule has 1 aliphatic carbocycles. The van der Waals surface area contributed by atoms with Crippen LogP contribution in [0.25, 0.3) is 0 Å². The molecule has 1 aromatic rings. The first-order valence-electron chi connectivity index (χ1n) is 5.24. The molecular weight excluding hydrogens is 188 g/mol. The van der Waals surface area contributed by atoms with E-state index in [1.807, 2.05) is 24.3 Å². The Morgan fingerprint density at radius 2 is 1.73 bits per heavy atom. The summed E-state index contributed by atoms with van der Waals surface area (Å²) in [5, 5.41) is 6.28. The van der Waals surface area contributed by atoms with Crippen LogP contribution >= 0.6 is 0 Å². The summed E-state index contributed by atoms with van der Waals surface area (Å²) in [6.45, 7) is 0. The van der Waals surface area contributed by atoms with Gasteiger partial charge in [-0.25, -0.2) is 0 Å². The average molecular weight is 200 g/mol. The summed E-state index contributed by atoms with van der Waals surface area (Å²) in [7, 11) is 0. The maximum absolute atomic E-state index is 11.8. The topological polar surface area (TPSA) is 41.1 Å². The largest absolute Gasteiger partial charge is 0.357 e. The van der Waals surface area contributed by atoms with Crippen molar-refractivity contribution in [2.75, 3.05) is 10.6 Å². The van der Waals surface area contributed by atoms with E-state index < -0.39 is 0 Å². The third kappa shape index (κ3) is 1.31. The van der Waals surface area contributed by atoms with Gasteiger partial charge in [-0.1, -0.05) is 12.1 Å². The molecule has 0 unspecified atom stereocenters. The fraction of sp³-hybridized carbons (Fsp3) is 0.250. The lowest BCUT2D eigenvalue weighted by atomic mass is 10.2. The number of hydrogen-bond acceptors (Lipinski definition) is 2. The quantitative estimate of drug-likeness (QED) is 0.675. The molecule has 0 bridgehead atoms. The molecular formula is C12H12N2O. The van der Waals surface area contributed by atoms with Gasteiger partial charge in [0.25, 0.3) is 5.91 Å². The Morgan fingerprint density at radius 3 is 2.53 bits per heavy atom. The van der Waals surface area contributed by atoms with Gasteiger partial charge in [-0.2, -0.15) is 0 Å². The van der Waals surface area contributed by atoms with E-state index in [0.717, 1.165) is 41.9 Å². The number of benzene rings is 1. The summed E-state index contributed by atoms with van der Waals surface area (Å²) in [4.78, 5) is 11.8. The Hall–Kier alpha value is -1.77. The Bertz CT molecular complexity index is 462. The fourth-order valence-corrected chi connectivity index (χ4v) is 2.19. The van der Waals surface area contributed by atoms with Crippen LogP contribution in [0, 0.1) is 0 Å². The number of amides is 1. The van der Waals surface area contributed by atoms with E-state index in [1.54, 1.807) is 0 Å². The van der Waals surface area contributed by atoms with Crippen LogP contribution in [0.4, 0.5) is 11.4 Å². The summed E-state index contributed by atoms with van der Waals surface area (Å²) < 4.78 is 0. The van der Waals surface area contributed by atoms with Crippen molar-refractivity contribution in [1.82, 2.24) is 0 Å². The molecule has 0 saturated heterocycles. The molecule has 15 heavy (non-hydrogen) atoms. The lowest BCUT2D eigenvalue weighted by Crippen LogP contribution is -2.12. The second kappa shape index (κ2) is 3.12. The van der Waals surface area contributed by atoms with E-state index in [2.05, 4.69) is 10.6 Å². The van der Waals surface area contributed by atoms with Crippen molar-refractivity contribution in [1.29, 1.82) is 0 Å². The highest BCUT2D eigenvalue weighted by atomic mass is 16.1. The van der Waals surface area contributed by atoms with Crippen LogP contribution in [0.5, 0.6) is 0 Å². The van der Waals surface area contributed by atoms with Gasteiger partial charge in [0.2, 0.25) is 0 Å². The van der Waals surface area contributed by atoms with Crippen LogP contribution in [0.3, 0.4) is 0 Å². The van der Waals surface area contributed by atoms with Crippen LogP contribution < -0.4 is 10.6 Å². The van der Waals surface area contributed by atoms with Gasteiger partial charge in [-0.15, -0.1) is 0 Å². The molecule has 0 fully saturated rings. The number of carbonyl (C=O) groups excluding carboxylic acids is 1. The van der Waals surface area contributed by atoms with Crippen molar-refractivity contribution < 1.29 is 4.79 Å². The van der Waals surface area contributed by atoms with E-state index in [0.29, 0.717) is 0 Å². The molecule has 0 saturated carbocycles. The van der Waals surface area contributed by atoms with Crippen LogP contribution in [0.2, 0.25) is 0 Å². The summed E-state index contributed by atoms with van der Waals surface area (Å²) in [5.74, 6) is 0.0555. The van der Waals surface area contributed by atoms with E-state index >= 15 is 0 Å². The predicted octanol–water partition coefficient (Wildman–Crippen LogP) is 2.49. The van der Waals surface area contributed by atoms with Crippen molar-refractivity contribution in [2.24, 2.45) is 0 Å². The van der Waals surface area contributed by atoms with E-state index in [-0.39, 0.29) is 5.91 Å². The van der Waals surface area contributed by atoms with Crippen molar-refractivity contribution in [3.8, 4) is 0 Å². The first-order valence-corrected chi connectivity index (χ1v) is 5.24. The fourth-order valence-electron chi connectivity index (χ4n) is 2.19. The molecule has 0 aromatic heterocycles. The Kier molecular flexibility index (Phi) is 1.78. The molecule has 1 heterocycles. The minimum absolute atomic E-state index is 0.0555. The van der Waals surface area contributed by atoms with Gasteiger partial charge in [0.15, 0.2) is 0 Å². The van der Waals surface area contributed by atoms with Gasteiger partial charge in [-0.3, -0.25) is 4.79 Å². The Labute approximate surface area is 88.2 Å². The van der Waals surface area contributed by atoms with E-state index in [4.69, 9.17) is 0 Å². The molecule has 0 spiro atoms. The molecule has 3 heteroatoms. The van der Waals surface area contributed by atoms with Crippen molar-refractivity contribution >= 4 is 17.3 Å². The number of carbonyl (C=O) groups is 1. The standard InChI is InChI=1S/C12H12N2O/c15-12-8-4-3-7-9(8)13-10-5-1-2-6-11(10)14-12/h1-2,5-6,13H,3-4,7H2,(H,14,15). The van der Waals surface area contributed by atoms with Gasteiger partial charge >= 0.3 is 0 Å². The monoisotopic (exact) mass is 200 g/mol. The third-order valence-electron chi connectivity index (χ3n) is 2.95. The maximum Gasteiger partial charge on any atom is 0.253 e. The number of allylic oxidation sites excluding steroid dienone is 1. The summed E-state index contributed by atoms with van der Waals surface area (Å²) >= 11 is 0. The molecule has 1 amide bonds. The van der Waals surface area contributed by atoms with Gasteiger partial charge < -0.3 is 10.6 Å². The zero-order valence-electron chi connectivity index (χ0n) is 8.34. The van der Waals surface area contributed by atoms with Crippen LogP contribution in [0.15, 0.2) is 35.5 Å². The SMILES string of the molecule is O=C1Nc2ccccc2NC2=C1CCC2. The second-order valence-electron chi connectivity index (χ2n) is 3.94. The van der Waals surface area contributed by atoms with Gasteiger partial charge in [0.05, 0.1) is 11.4 Å². The first kappa shape index (κ1) is 8.53. The minimum Gasteiger partial charge on any atom is -0.357 e. The highest BCUT2D eigenvalue weighted by molar-refractivity contribution is 6.08. The molecule has 1 aromatic carbocycles. The molecule has 0 atom stereocenters. The molecule has 3 rings (SSSR count). The molecule has 76 valence electrons. The van der Waals surface area contributed by atoms with Crippen LogP contribution in [0.1, 0.15) is 19.3 Å². The average Bonchev–Trinajstić information content (AvgIpc) is 2.64. The Balaban J connectivity index is 2.08. The maximum atomic E-state index is 11.8. The van der Waals surface area contributed by atoms with Crippen molar-refractivity contribution in [3.05, 3.63) is 35.5 Å². The third-order valence-corrected chi connectivity index (χ3v) is 2.95. The minimum atomic E-state index is 0.0555. The second-order valence-corrected chi connectivity index (χ2v) is 3.94. The molecule has 0 radical (unpaired) electrons. The lowest BCUT2D eigenvalue weighted by molar-refractivity contribution is -0.112. The first-order chi connectivity index (χ1) is 7.34. The molecule has 2 N–H and O–H groups in total. The number of para-hydroxylation sites is 2. The highest BCUT2D eigenvalue weighted by Crippen LogP contribution is 2.34. The highest BCUT2D eigenvalue weighted by Gasteiger charge is 2.24. The van der Waals surface area contributed by atoms with Crippen molar-refractivity contribution in [3.63, 3.8) is 0 Å². The smallest absolute Gasteiger partial charge is 0.253 e. The van der Waals surface area contributed by atoms with Gasteiger partial charge in [-0.05, 0) is 31.4 Å². The summed E-state index contributed by atoms with van der Waals surface area (Å²) in [5.41, 5.74) is 3.89. The summed E-state index contributed by atoms with van der Waals surface area (Å²) in [6, 6.07) is 7.81. The Morgan fingerprint density at radius 1 is 1.00 bits per heavy atom. The zero-order valence-corrected chi connectivity index (χ0v) is 8.34. The number of hydrogen-bond donors (Lipinski definition) is 2. The van der Waals surface area contributed by atoms with Gasteiger partial charge in [0.1, 0.15) is 0 Å². The van der Waals surface area contributed by atoms with Crippen LogP contribution in [-0.2, 0) is 4.79 Å². The van der Waals surface area contributed by atoms with Gasteiger partial charge in [0, 0.05) is 11.3 Å². The number of rotatable bonds is 0. The van der Waals surface area contributed by atoms with E-state index in [1.165, 1.54) is 0 Å². The zero-order chi connectivity index (χ0) is 10.3.